The highest BCUT2D eigenvalue weighted by Gasteiger charge is 2.21. The molecule has 11 heteroatoms. The van der Waals surface area contributed by atoms with Crippen LogP contribution in [0.5, 0.6) is 0 Å². The number of guanidine groups is 1. The van der Waals surface area contributed by atoms with Crippen molar-refractivity contribution in [3.05, 3.63) is 92.4 Å². The molecule has 2 heterocycles. The molecule has 2 aromatic heterocycles. The van der Waals surface area contributed by atoms with E-state index in [1.165, 1.54) is 0 Å². The summed E-state index contributed by atoms with van der Waals surface area (Å²) in [4.78, 5) is 24.5. The number of nitrogens with two attached hydrogens (primary N) is 2. The van der Waals surface area contributed by atoms with Gasteiger partial charge in [-0.15, -0.1) is 0 Å². The Balaban J connectivity index is 0.000000330. The van der Waals surface area contributed by atoms with Gasteiger partial charge in [0.2, 0.25) is 0 Å². The summed E-state index contributed by atoms with van der Waals surface area (Å²) >= 11 is 5.97. The summed E-state index contributed by atoms with van der Waals surface area (Å²) in [5.74, 6) is 0.200. The lowest BCUT2D eigenvalue weighted by Gasteiger charge is -2.21. The fourth-order valence-corrected chi connectivity index (χ4v) is 5.77. The van der Waals surface area contributed by atoms with Crippen molar-refractivity contribution < 1.29 is 4.39 Å². The molecule has 280 valence electrons. The first-order valence-corrected chi connectivity index (χ1v) is 18.4. The predicted octanol–water partition coefficient (Wildman–Crippen LogP) is 7.81. The van der Waals surface area contributed by atoms with Crippen molar-refractivity contribution in [1.82, 2.24) is 25.2 Å². The van der Waals surface area contributed by atoms with Gasteiger partial charge in [0, 0.05) is 47.4 Å². The molecule has 2 aromatic carbocycles. The van der Waals surface area contributed by atoms with E-state index in [-0.39, 0.29) is 45.5 Å². The van der Waals surface area contributed by atoms with Crippen LogP contribution in [0.4, 0.5) is 4.39 Å². The van der Waals surface area contributed by atoms with Gasteiger partial charge in [0.25, 0.3) is 0 Å². The fraction of sp³-hybridized carbons (Fsp3) is 0.525. The number of halogens is 2. The minimum atomic E-state index is -0.296. The van der Waals surface area contributed by atoms with Crippen LogP contribution in [0.1, 0.15) is 117 Å². The van der Waals surface area contributed by atoms with Crippen LogP contribution < -0.4 is 27.8 Å². The highest BCUT2D eigenvalue weighted by molar-refractivity contribution is 6.30. The molecule has 4 rings (SSSR count). The first kappa shape index (κ1) is 41.7. The van der Waals surface area contributed by atoms with Gasteiger partial charge in [0.05, 0.1) is 10.7 Å². The van der Waals surface area contributed by atoms with Crippen molar-refractivity contribution in [2.75, 3.05) is 13.1 Å². The van der Waals surface area contributed by atoms with Crippen LogP contribution in [0.2, 0.25) is 5.02 Å². The van der Waals surface area contributed by atoms with Crippen LogP contribution in [-0.2, 0) is 17.3 Å². The molecule has 0 spiro atoms. The monoisotopic (exact) mass is 722 g/mol. The van der Waals surface area contributed by atoms with Crippen molar-refractivity contribution in [3.8, 4) is 5.69 Å². The maximum absolute atomic E-state index is 14.0. The van der Waals surface area contributed by atoms with Gasteiger partial charge in [-0.1, -0.05) is 71.3 Å². The van der Waals surface area contributed by atoms with E-state index < -0.39 is 0 Å². The Labute approximate surface area is 308 Å². The summed E-state index contributed by atoms with van der Waals surface area (Å²) in [6.45, 7) is 22.1. The Bertz CT molecular complexity index is 1800. The average Bonchev–Trinajstić information content (AvgIpc) is 3.45. The van der Waals surface area contributed by atoms with Crippen LogP contribution in [0.3, 0.4) is 0 Å². The Morgan fingerprint density at radius 1 is 1.02 bits per heavy atom. The number of aryl methyl sites for hydroxylation is 1. The molecule has 0 unspecified atom stereocenters. The molecule has 0 bridgehead atoms. The molecule has 7 N–H and O–H groups in total. The second-order valence-electron chi connectivity index (χ2n) is 15.9. The summed E-state index contributed by atoms with van der Waals surface area (Å²) in [7, 11) is 0. The first-order valence-electron chi connectivity index (χ1n) is 18.0. The third kappa shape index (κ3) is 12.8. The SMILES string of the molecule is CC(C)NC(N)=NCCCN[C@@H](C)c1ccc(-n2cc3cc(C(C)(C)C)[nH]c3nc2=O)cc1.C[C@H](N)CCCc1cc(Cl)c(F)c(C(C)(C)C)c1. The van der Waals surface area contributed by atoms with Gasteiger partial charge >= 0.3 is 5.69 Å². The van der Waals surface area contributed by atoms with Gasteiger partial charge in [0.15, 0.2) is 5.96 Å². The van der Waals surface area contributed by atoms with Gasteiger partial charge in [-0.05, 0) is 106 Å². The molecule has 0 fully saturated rings. The number of aliphatic imine (C=N–C) groups is 1. The Morgan fingerprint density at radius 3 is 2.27 bits per heavy atom. The van der Waals surface area contributed by atoms with Gasteiger partial charge in [-0.2, -0.15) is 4.98 Å². The summed E-state index contributed by atoms with van der Waals surface area (Å²) in [5.41, 5.74) is 16.4. The topological polar surface area (TPSA) is 139 Å². The van der Waals surface area contributed by atoms with Crippen molar-refractivity contribution in [2.24, 2.45) is 16.5 Å². The maximum Gasteiger partial charge on any atom is 0.354 e. The third-order valence-corrected chi connectivity index (χ3v) is 8.79. The number of H-pyrrole nitrogens is 1. The molecule has 0 aliphatic heterocycles. The van der Waals surface area contributed by atoms with Gasteiger partial charge in [0.1, 0.15) is 11.5 Å². The number of rotatable bonds is 12. The van der Waals surface area contributed by atoms with Crippen molar-refractivity contribution >= 4 is 28.6 Å². The lowest BCUT2D eigenvalue weighted by atomic mass is 9.85. The Morgan fingerprint density at radius 2 is 1.69 bits per heavy atom. The zero-order valence-corrected chi connectivity index (χ0v) is 33.0. The molecule has 0 amide bonds. The highest BCUT2D eigenvalue weighted by Crippen LogP contribution is 2.31. The standard InChI is InChI=1S/C25H37N7O.C15H23ClFN/c1-16(2)29-23(26)28-13-7-12-27-17(3)18-8-10-20(11-9-18)32-15-19-14-21(25(4,5)6)30-22(19)31-24(32)33;1-10(18)6-5-7-11-8-12(15(2,3)4)14(17)13(16)9-11/h8-11,14-17,27H,7,12-13H2,1-6H3,(H3,26,28,29)(H,30,31,33);8-10H,5-7,18H2,1-4H3/t17-;10-/m00/s1. The second kappa shape index (κ2) is 18.2. The first-order chi connectivity index (χ1) is 23.8. The number of nitrogens with zero attached hydrogens (tertiary/aromatic N) is 3. The Kier molecular flexibility index (Phi) is 14.8. The highest BCUT2D eigenvalue weighted by atomic mass is 35.5. The zero-order chi connectivity index (χ0) is 38.1. The van der Waals surface area contributed by atoms with Crippen molar-refractivity contribution in [2.45, 2.75) is 124 Å². The molecule has 2 atom stereocenters. The minimum Gasteiger partial charge on any atom is -0.370 e. The van der Waals surface area contributed by atoms with Crippen LogP contribution in [0.25, 0.3) is 16.7 Å². The average molecular weight is 723 g/mol. The van der Waals surface area contributed by atoms with Gasteiger partial charge < -0.3 is 27.1 Å². The zero-order valence-electron chi connectivity index (χ0n) is 32.3. The summed E-state index contributed by atoms with van der Waals surface area (Å²) in [5, 5.41) is 7.74. The second-order valence-corrected chi connectivity index (χ2v) is 16.3. The van der Waals surface area contributed by atoms with Gasteiger partial charge in [-0.3, -0.25) is 9.56 Å². The summed E-state index contributed by atoms with van der Waals surface area (Å²) in [6, 6.07) is 14.4. The van der Waals surface area contributed by atoms with Crippen LogP contribution in [-0.4, -0.2) is 45.7 Å². The number of hydrogen-bond acceptors (Lipinski definition) is 5. The van der Waals surface area contributed by atoms with E-state index in [0.29, 0.717) is 23.7 Å². The quantitative estimate of drug-likeness (QED) is 0.0575. The maximum atomic E-state index is 14.0. The molecule has 0 aliphatic rings. The number of aromatic amines is 1. The number of aromatic nitrogens is 3. The van der Waals surface area contributed by atoms with E-state index in [1.807, 2.05) is 78.1 Å². The van der Waals surface area contributed by atoms with Gasteiger partial charge in [-0.25, -0.2) is 9.18 Å². The molecule has 51 heavy (non-hydrogen) atoms. The smallest absolute Gasteiger partial charge is 0.354 e. The number of nitrogens with one attached hydrogen (secondary N) is 3. The summed E-state index contributed by atoms with van der Waals surface area (Å²) in [6.07, 6.45) is 5.62. The van der Waals surface area contributed by atoms with E-state index in [0.717, 1.165) is 60.1 Å². The molecule has 0 saturated heterocycles. The van der Waals surface area contributed by atoms with E-state index in [2.05, 4.69) is 59.4 Å². The van der Waals surface area contributed by atoms with Crippen LogP contribution in [0.15, 0.2) is 58.4 Å². The van der Waals surface area contributed by atoms with Crippen LogP contribution in [0, 0.1) is 5.82 Å². The fourth-order valence-electron chi connectivity index (χ4n) is 5.53. The number of hydrogen-bond donors (Lipinski definition) is 5. The van der Waals surface area contributed by atoms with Crippen molar-refractivity contribution in [1.29, 1.82) is 0 Å². The van der Waals surface area contributed by atoms with E-state index in [1.54, 1.807) is 10.6 Å². The lowest BCUT2D eigenvalue weighted by molar-refractivity contribution is 0.521. The third-order valence-electron chi connectivity index (χ3n) is 8.51. The largest absolute Gasteiger partial charge is 0.370 e. The molecule has 0 aliphatic carbocycles. The minimum absolute atomic E-state index is 0.0384. The lowest BCUT2D eigenvalue weighted by Crippen LogP contribution is -2.36. The summed E-state index contributed by atoms with van der Waals surface area (Å²) < 4.78 is 15.6. The molecule has 0 saturated carbocycles. The number of fused-ring (bicyclic) bond motifs is 1. The molecule has 0 radical (unpaired) electrons. The van der Waals surface area contributed by atoms with E-state index in [9.17, 15) is 9.18 Å². The van der Waals surface area contributed by atoms with Crippen LogP contribution >= 0.6 is 11.6 Å². The van der Waals surface area contributed by atoms with E-state index in [4.69, 9.17) is 23.1 Å². The Hall–Kier alpha value is -3.73. The molecular weight excluding hydrogens is 663 g/mol. The normalized spacial score (nSPS) is 13.6. The molecule has 4 aromatic rings. The number of benzene rings is 2. The molecular formula is C40H60ClFN8O. The predicted molar refractivity (Wildman–Crippen MR) is 213 cm³/mol. The molecule has 9 nitrogen and oxygen atoms in total. The van der Waals surface area contributed by atoms with E-state index >= 15 is 0 Å². The van der Waals surface area contributed by atoms with Crippen molar-refractivity contribution in [3.63, 3.8) is 0 Å².